The zero-order valence-electron chi connectivity index (χ0n) is 9.09. The molecule has 1 aromatic carbocycles. The van der Waals surface area contributed by atoms with Gasteiger partial charge in [0.05, 0.1) is 12.2 Å². The number of fused-ring (bicyclic) bond motifs is 1. The van der Waals surface area contributed by atoms with Crippen LogP contribution in [0.2, 0.25) is 0 Å². The van der Waals surface area contributed by atoms with Gasteiger partial charge in [-0.05, 0) is 12.1 Å². The van der Waals surface area contributed by atoms with Crippen LogP contribution >= 0.6 is 11.8 Å². The van der Waals surface area contributed by atoms with E-state index in [1.54, 1.807) is 11.8 Å². The number of hydrogen-bond acceptors (Lipinski definition) is 4. The molecule has 2 aliphatic heterocycles. The number of amidine groups is 1. The highest BCUT2D eigenvalue weighted by Crippen LogP contribution is 2.35. The fourth-order valence-electron chi connectivity index (χ4n) is 1.98. The topological polar surface area (TPSA) is 44.7 Å². The number of hydrogen-bond donors (Lipinski definition) is 1. The van der Waals surface area contributed by atoms with Gasteiger partial charge in [0.1, 0.15) is 0 Å². The van der Waals surface area contributed by atoms with Gasteiger partial charge in [-0.1, -0.05) is 23.9 Å². The van der Waals surface area contributed by atoms with Gasteiger partial charge >= 0.3 is 0 Å². The summed E-state index contributed by atoms with van der Waals surface area (Å²) in [6.45, 7) is 1.81. The minimum absolute atomic E-state index is 0.694. The molecular weight excluding hydrogens is 234 g/mol. The van der Waals surface area contributed by atoms with Crippen LogP contribution in [0.25, 0.3) is 5.70 Å². The molecule has 0 fully saturated rings. The van der Waals surface area contributed by atoms with Crippen LogP contribution in [-0.2, 0) is 4.79 Å². The molecule has 0 saturated heterocycles. The molecule has 2 heterocycles. The summed E-state index contributed by atoms with van der Waals surface area (Å²) in [5.74, 6) is 0. The van der Waals surface area contributed by atoms with E-state index >= 15 is 0 Å². The molecule has 1 aromatic rings. The van der Waals surface area contributed by atoms with Crippen LogP contribution in [0, 0.1) is 0 Å². The number of nitrogens with one attached hydrogen (secondary N) is 1. The SMILES string of the molecule is O=CNc1cccc(C2=CSC3=NCCN23)c1. The first-order valence-electron chi connectivity index (χ1n) is 5.38. The molecule has 2 aliphatic rings. The molecule has 0 saturated carbocycles. The first-order chi connectivity index (χ1) is 8.38. The number of amides is 1. The van der Waals surface area contributed by atoms with E-state index in [9.17, 15) is 4.79 Å². The van der Waals surface area contributed by atoms with E-state index in [-0.39, 0.29) is 0 Å². The molecule has 0 radical (unpaired) electrons. The van der Waals surface area contributed by atoms with E-state index in [0.29, 0.717) is 6.41 Å². The lowest BCUT2D eigenvalue weighted by Crippen LogP contribution is -2.19. The summed E-state index contributed by atoms with van der Waals surface area (Å²) in [6.07, 6.45) is 0.694. The molecule has 1 N–H and O–H groups in total. The Morgan fingerprint density at radius 1 is 1.47 bits per heavy atom. The number of carbonyl (C=O) groups excluding carboxylic acids is 1. The molecular formula is C12H11N3OS. The van der Waals surface area contributed by atoms with Crippen molar-refractivity contribution in [2.24, 2.45) is 4.99 Å². The fourth-order valence-corrected chi connectivity index (χ4v) is 2.95. The molecule has 17 heavy (non-hydrogen) atoms. The maximum atomic E-state index is 10.4. The number of benzene rings is 1. The van der Waals surface area contributed by atoms with Gasteiger partial charge in [-0.15, -0.1) is 0 Å². The van der Waals surface area contributed by atoms with E-state index in [1.165, 1.54) is 5.70 Å². The van der Waals surface area contributed by atoms with Crippen LogP contribution in [0.4, 0.5) is 5.69 Å². The third-order valence-corrected chi connectivity index (χ3v) is 3.65. The predicted molar refractivity (Wildman–Crippen MR) is 70.7 cm³/mol. The second-order valence-electron chi connectivity index (χ2n) is 3.78. The quantitative estimate of drug-likeness (QED) is 0.828. The summed E-state index contributed by atoms with van der Waals surface area (Å²) in [4.78, 5) is 17.1. The summed E-state index contributed by atoms with van der Waals surface area (Å²) < 4.78 is 0. The van der Waals surface area contributed by atoms with Crippen molar-refractivity contribution in [3.8, 4) is 0 Å². The van der Waals surface area contributed by atoms with Crippen molar-refractivity contribution < 1.29 is 4.79 Å². The van der Waals surface area contributed by atoms with Crippen LogP contribution in [0.5, 0.6) is 0 Å². The van der Waals surface area contributed by atoms with Crippen LogP contribution in [0.15, 0.2) is 34.7 Å². The minimum atomic E-state index is 0.694. The molecule has 4 nitrogen and oxygen atoms in total. The number of anilines is 1. The Bertz CT molecular complexity index is 524. The van der Waals surface area contributed by atoms with Crippen LogP contribution < -0.4 is 5.32 Å². The zero-order valence-corrected chi connectivity index (χ0v) is 9.91. The monoisotopic (exact) mass is 245 g/mol. The first kappa shape index (κ1) is 10.4. The summed E-state index contributed by atoms with van der Waals surface area (Å²) in [7, 11) is 0. The minimum Gasteiger partial charge on any atom is -0.329 e. The average molecular weight is 245 g/mol. The van der Waals surface area contributed by atoms with Crippen LogP contribution in [-0.4, -0.2) is 29.6 Å². The van der Waals surface area contributed by atoms with Crippen molar-refractivity contribution >= 4 is 34.7 Å². The lowest BCUT2D eigenvalue weighted by molar-refractivity contribution is -0.105. The number of aliphatic imine (C=N–C) groups is 1. The van der Waals surface area contributed by atoms with Crippen molar-refractivity contribution in [1.29, 1.82) is 0 Å². The van der Waals surface area contributed by atoms with Crippen molar-refractivity contribution in [2.75, 3.05) is 18.4 Å². The fraction of sp³-hybridized carbons (Fsp3) is 0.167. The van der Waals surface area contributed by atoms with Crippen molar-refractivity contribution in [3.05, 3.63) is 35.2 Å². The van der Waals surface area contributed by atoms with Crippen molar-refractivity contribution in [1.82, 2.24) is 4.90 Å². The normalized spacial score (nSPS) is 17.5. The highest BCUT2D eigenvalue weighted by Gasteiger charge is 2.26. The first-order valence-corrected chi connectivity index (χ1v) is 6.26. The second-order valence-corrected chi connectivity index (χ2v) is 4.62. The number of thioether (sulfide) groups is 1. The standard InChI is InChI=1S/C12H11N3OS/c16-8-14-10-3-1-2-9(6-10)11-7-17-12-13-4-5-15(11)12/h1-3,6-8H,4-5H2,(H,14,16). The molecule has 0 aromatic heterocycles. The van der Waals surface area contributed by atoms with E-state index in [4.69, 9.17) is 0 Å². The maximum absolute atomic E-state index is 10.4. The van der Waals surface area contributed by atoms with Crippen molar-refractivity contribution in [3.63, 3.8) is 0 Å². The third-order valence-electron chi connectivity index (χ3n) is 2.75. The Labute approximate surface area is 103 Å². The number of carbonyl (C=O) groups is 1. The van der Waals surface area contributed by atoms with E-state index in [2.05, 4.69) is 20.6 Å². The van der Waals surface area contributed by atoms with Crippen molar-refractivity contribution in [2.45, 2.75) is 0 Å². The lowest BCUT2D eigenvalue weighted by Gasteiger charge is -2.17. The highest BCUT2D eigenvalue weighted by molar-refractivity contribution is 8.16. The Morgan fingerprint density at radius 2 is 2.41 bits per heavy atom. The maximum Gasteiger partial charge on any atom is 0.211 e. The largest absolute Gasteiger partial charge is 0.329 e. The molecule has 5 heteroatoms. The number of nitrogens with zero attached hydrogens (tertiary/aromatic N) is 2. The number of rotatable bonds is 3. The Morgan fingerprint density at radius 3 is 3.29 bits per heavy atom. The van der Waals surface area contributed by atoms with Gasteiger partial charge in [-0.2, -0.15) is 0 Å². The second kappa shape index (κ2) is 4.25. The molecule has 0 atom stereocenters. The van der Waals surface area contributed by atoms with Gasteiger partial charge in [0.2, 0.25) is 6.41 Å². The Kier molecular flexibility index (Phi) is 2.60. The van der Waals surface area contributed by atoms with Gasteiger partial charge in [-0.3, -0.25) is 9.79 Å². The van der Waals surface area contributed by atoms with Gasteiger partial charge in [0.15, 0.2) is 5.17 Å². The van der Waals surface area contributed by atoms with Gasteiger partial charge in [0.25, 0.3) is 0 Å². The van der Waals surface area contributed by atoms with E-state index in [1.807, 2.05) is 24.3 Å². The van der Waals surface area contributed by atoms with Crippen LogP contribution in [0.1, 0.15) is 5.56 Å². The lowest BCUT2D eigenvalue weighted by atomic mass is 10.1. The molecule has 0 unspecified atom stereocenters. The third kappa shape index (κ3) is 1.82. The molecule has 1 amide bonds. The molecule has 3 rings (SSSR count). The molecule has 0 bridgehead atoms. The Balaban J connectivity index is 1.91. The Hall–Kier alpha value is -1.75. The molecule has 0 spiro atoms. The highest BCUT2D eigenvalue weighted by atomic mass is 32.2. The smallest absolute Gasteiger partial charge is 0.211 e. The zero-order chi connectivity index (χ0) is 11.7. The van der Waals surface area contributed by atoms with Gasteiger partial charge in [0, 0.05) is 23.2 Å². The summed E-state index contributed by atoms with van der Waals surface area (Å²) in [6, 6.07) is 7.84. The van der Waals surface area contributed by atoms with Gasteiger partial charge in [-0.25, -0.2) is 0 Å². The summed E-state index contributed by atoms with van der Waals surface area (Å²) >= 11 is 1.66. The summed E-state index contributed by atoms with van der Waals surface area (Å²) in [5, 5.41) is 5.85. The molecule has 0 aliphatic carbocycles. The van der Waals surface area contributed by atoms with E-state index < -0.39 is 0 Å². The van der Waals surface area contributed by atoms with Gasteiger partial charge < -0.3 is 10.2 Å². The van der Waals surface area contributed by atoms with Crippen LogP contribution in [0.3, 0.4) is 0 Å². The molecule has 86 valence electrons. The predicted octanol–water partition coefficient (Wildman–Crippen LogP) is 1.97. The average Bonchev–Trinajstić information content (AvgIpc) is 2.91. The van der Waals surface area contributed by atoms with E-state index in [0.717, 1.165) is 29.5 Å². The summed E-state index contributed by atoms with van der Waals surface area (Å²) in [5.41, 5.74) is 3.09.